The van der Waals surface area contributed by atoms with E-state index in [0.717, 1.165) is 30.7 Å². The van der Waals surface area contributed by atoms with E-state index in [-0.39, 0.29) is 11.0 Å². The van der Waals surface area contributed by atoms with Gasteiger partial charge in [-0.05, 0) is 55.2 Å². The normalized spacial score (nSPS) is 10.6. The largest absolute Gasteiger partial charge is 0.494 e. The van der Waals surface area contributed by atoms with Gasteiger partial charge in [0.05, 0.1) is 18.8 Å². The fourth-order valence-corrected chi connectivity index (χ4v) is 3.11. The van der Waals surface area contributed by atoms with Crippen LogP contribution in [0.15, 0.2) is 48.5 Å². The molecule has 0 aliphatic heterocycles. The summed E-state index contributed by atoms with van der Waals surface area (Å²) < 4.78 is 11.6. The van der Waals surface area contributed by atoms with Gasteiger partial charge in [0.15, 0.2) is 5.11 Å². The van der Waals surface area contributed by atoms with E-state index < -0.39 is 0 Å². The van der Waals surface area contributed by atoms with Gasteiger partial charge in [-0.25, -0.2) is 0 Å². The Morgan fingerprint density at radius 1 is 1.00 bits per heavy atom. The average molecular weight is 443 g/mol. The molecule has 0 bridgehead atoms. The Morgan fingerprint density at radius 3 is 2.58 bits per heavy atom. The molecule has 2 rings (SSSR count). The Hall–Kier alpha value is -2.60. The van der Waals surface area contributed by atoms with Crippen molar-refractivity contribution in [3.8, 4) is 11.5 Å². The number of thiocarbonyl (C=S) groups is 1. The van der Waals surface area contributed by atoms with Gasteiger partial charge in [-0.15, -0.1) is 0 Å². The van der Waals surface area contributed by atoms with E-state index in [1.807, 2.05) is 42.5 Å². The SMILES string of the molecule is CCCCCCOc1ccccc1C(=O)NC(=S)Nc1cccc(OCCC(C)C)c1. The molecule has 0 saturated heterocycles. The summed E-state index contributed by atoms with van der Waals surface area (Å²) in [6.07, 6.45) is 5.45. The summed E-state index contributed by atoms with van der Waals surface area (Å²) in [5.74, 6) is 1.62. The number of unbranched alkanes of at least 4 members (excludes halogenated alkanes) is 3. The first kappa shape index (κ1) is 24.7. The van der Waals surface area contributed by atoms with Crippen molar-refractivity contribution < 1.29 is 14.3 Å². The lowest BCUT2D eigenvalue weighted by Gasteiger charge is -2.14. The van der Waals surface area contributed by atoms with Gasteiger partial charge >= 0.3 is 0 Å². The fraction of sp³-hybridized carbons (Fsp3) is 0.440. The van der Waals surface area contributed by atoms with Crippen molar-refractivity contribution >= 4 is 28.9 Å². The lowest BCUT2D eigenvalue weighted by atomic mass is 10.1. The van der Waals surface area contributed by atoms with E-state index in [2.05, 4.69) is 31.4 Å². The molecular formula is C25H34N2O3S. The lowest BCUT2D eigenvalue weighted by molar-refractivity contribution is 0.0973. The number of hydrogen-bond donors (Lipinski definition) is 2. The highest BCUT2D eigenvalue weighted by atomic mass is 32.1. The third-order valence-corrected chi connectivity index (χ3v) is 4.87. The monoisotopic (exact) mass is 442 g/mol. The molecule has 0 saturated carbocycles. The number of hydrogen-bond acceptors (Lipinski definition) is 4. The first-order valence-electron chi connectivity index (χ1n) is 11.1. The standard InChI is InChI=1S/C25H34N2O3S/c1-4-5-6-9-16-30-23-14-8-7-13-22(23)24(28)27-25(31)26-20-11-10-12-21(18-20)29-17-15-19(2)3/h7-8,10-14,18-19H,4-6,9,15-17H2,1-3H3,(H2,26,27,28,31). The molecule has 0 aromatic heterocycles. The Bertz CT molecular complexity index is 839. The number of anilines is 1. The second-order valence-electron chi connectivity index (χ2n) is 7.87. The van der Waals surface area contributed by atoms with Crippen LogP contribution in [0.2, 0.25) is 0 Å². The van der Waals surface area contributed by atoms with Gasteiger partial charge in [-0.3, -0.25) is 10.1 Å². The summed E-state index contributed by atoms with van der Waals surface area (Å²) in [7, 11) is 0. The summed E-state index contributed by atoms with van der Waals surface area (Å²) in [6, 6.07) is 14.8. The third kappa shape index (κ3) is 9.39. The number of carbonyl (C=O) groups excluding carboxylic acids is 1. The molecular weight excluding hydrogens is 408 g/mol. The first-order chi connectivity index (χ1) is 15.0. The molecule has 0 fully saturated rings. The summed E-state index contributed by atoms with van der Waals surface area (Å²) in [5.41, 5.74) is 1.22. The van der Waals surface area contributed by atoms with E-state index >= 15 is 0 Å². The van der Waals surface area contributed by atoms with Gasteiger partial charge in [0.2, 0.25) is 0 Å². The molecule has 168 valence electrons. The highest BCUT2D eigenvalue weighted by Crippen LogP contribution is 2.20. The van der Waals surface area contributed by atoms with Crippen LogP contribution in [-0.2, 0) is 0 Å². The van der Waals surface area contributed by atoms with Gasteiger partial charge in [0, 0.05) is 11.8 Å². The van der Waals surface area contributed by atoms with E-state index in [9.17, 15) is 4.79 Å². The van der Waals surface area contributed by atoms with Gasteiger partial charge in [-0.1, -0.05) is 58.2 Å². The van der Waals surface area contributed by atoms with Crippen LogP contribution >= 0.6 is 12.2 Å². The number of para-hydroxylation sites is 1. The van der Waals surface area contributed by atoms with Crippen LogP contribution in [0.3, 0.4) is 0 Å². The average Bonchev–Trinajstić information content (AvgIpc) is 2.74. The zero-order chi connectivity index (χ0) is 22.5. The van der Waals surface area contributed by atoms with E-state index in [4.69, 9.17) is 21.7 Å². The number of ether oxygens (including phenoxy) is 2. The van der Waals surface area contributed by atoms with Crippen LogP contribution in [0.1, 0.15) is 63.2 Å². The van der Waals surface area contributed by atoms with Gasteiger partial charge in [0.1, 0.15) is 11.5 Å². The Morgan fingerprint density at radius 2 is 1.81 bits per heavy atom. The number of nitrogens with one attached hydrogen (secondary N) is 2. The molecule has 2 aromatic carbocycles. The highest BCUT2D eigenvalue weighted by molar-refractivity contribution is 7.80. The van der Waals surface area contributed by atoms with Crippen molar-refractivity contribution in [2.24, 2.45) is 5.92 Å². The van der Waals surface area contributed by atoms with Crippen molar-refractivity contribution in [3.63, 3.8) is 0 Å². The first-order valence-corrected chi connectivity index (χ1v) is 11.5. The van der Waals surface area contributed by atoms with E-state index in [1.165, 1.54) is 12.8 Å². The third-order valence-electron chi connectivity index (χ3n) is 4.67. The number of rotatable bonds is 12. The minimum Gasteiger partial charge on any atom is -0.494 e. The summed E-state index contributed by atoms with van der Waals surface area (Å²) >= 11 is 5.33. The minimum absolute atomic E-state index is 0.224. The number of carbonyl (C=O) groups is 1. The van der Waals surface area contributed by atoms with Gasteiger partial charge in [-0.2, -0.15) is 0 Å². The molecule has 0 radical (unpaired) electrons. The van der Waals surface area contributed by atoms with Gasteiger partial charge in [0.25, 0.3) is 5.91 Å². The number of amides is 1. The molecule has 0 atom stereocenters. The quantitative estimate of drug-likeness (QED) is 0.303. The van der Waals surface area contributed by atoms with Crippen molar-refractivity contribution in [2.45, 2.75) is 52.9 Å². The second-order valence-corrected chi connectivity index (χ2v) is 8.28. The fourth-order valence-electron chi connectivity index (χ4n) is 2.90. The number of benzene rings is 2. The smallest absolute Gasteiger partial charge is 0.261 e. The predicted molar refractivity (Wildman–Crippen MR) is 131 cm³/mol. The zero-order valence-corrected chi connectivity index (χ0v) is 19.6. The van der Waals surface area contributed by atoms with Crippen molar-refractivity contribution in [1.29, 1.82) is 0 Å². The van der Waals surface area contributed by atoms with Crippen LogP contribution in [0, 0.1) is 5.92 Å². The zero-order valence-electron chi connectivity index (χ0n) is 18.8. The highest BCUT2D eigenvalue weighted by Gasteiger charge is 2.14. The van der Waals surface area contributed by atoms with Crippen molar-refractivity contribution in [1.82, 2.24) is 5.32 Å². The van der Waals surface area contributed by atoms with Crippen LogP contribution in [-0.4, -0.2) is 24.2 Å². The Balaban J connectivity index is 1.89. The lowest BCUT2D eigenvalue weighted by Crippen LogP contribution is -2.34. The van der Waals surface area contributed by atoms with Crippen LogP contribution in [0.5, 0.6) is 11.5 Å². The summed E-state index contributed by atoms with van der Waals surface area (Å²) in [4.78, 5) is 12.7. The molecule has 0 unspecified atom stereocenters. The Labute approximate surface area is 191 Å². The molecule has 1 amide bonds. The molecule has 2 aromatic rings. The summed E-state index contributed by atoms with van der Waals surface area (Å²) in [6.45, 7) is 7.76. The maximum absolute atomic E-state index is 12.7. The topological polar surface area (TPSA) is 59.6 Å². The van der Waals surface area contributed by atoms with Crippen LogP contribution < -0.4 is 20.1 Å². The van der Waals surface area contributed by atoms with Crippen molar-refractivity contribution in [3.05, 3.63) is 54.1 Å². The van der Waals surface area contributed by atoms with E-state index in [0.29, 0.717) is 30.4 Å². The van der Waals surface area contributed by atoms with E-state index in [1.54, 1.807) is 6.07 Å². The predicted octanol–water partition coefficient (Wildman–Crippen LogP) is 6.20. The maximum atomic E-state index is 12.7. The minimum atomic E-state index is -0.300. The molecule has 31 heavy (non-hydrogen) atoms. The molecule has 0 spiro atoms. The second kappa shape index (κ2) is 13.7. The molecule has 0 aliphatic rings. The molecule has 0 heterocycles. The maximum Gasteiger partial charge on any atom is 0.261 e. The molecule has 6 heteroatoms. The molecule has 2 N–H and O–H groups in total. The van der Waals surface area contributed by atoms with Crippen LogP contribution in [0.4, 0.5) is 5.69 Å². The molecule has 0 aliphatic carbocycles. The van der Waals surface area contributed by atoms with Crippen LogP contribution in [0.25, 0.3) is 0 Å². The molecule has 5 nitrogen and oxygen atoms in total. The van der Waals surface area contributed by atoms with Crippen molar-refractivity contribution in [2.75, 3.05) is 18.5 Å². The Kier molecular flexibility index (Phi) is 10.9. The summed E-state index contributed by atoms with van der Waals surface area (Å²) in [5, 5.41) is 6.00. The van der Waals surface area contributed by atoms with Gasteiger partial charge < -0.3 is 14.8 Å².